The molecule has 11 amide bonds. The molecule has 552 valence electrons. The Bertz CT molecular complexity index is 3500. The summed E-state index contributed by atoms with van der Waals surface area (Å²) in [5.74, 6) is -12.8. The van der Waals surface area contributed by atoms with Crippen LogP contribution in [0.2, 0.25) is 0 Å². The SMILES string of the molecule is CC[C@H](C)[C@H](NC(=O)[C@@H](NC(=O)[C@@H](N)Cc1ccc(O)cc1)[C@@H](C)CC)C(=O)N[C@@H](CCCCN)C(=O)NCC(=O)N[C@H](C(=O)N[C@@H](Cc1ccccc1)C(=O)N[C@@H](Cc1c[nH]c2ccccc12)C(=O)N[C@@H](CC(=O)O)C(=O)N1CCC[C@H]1C(=O)N[C@@H](C)C(=O)N[C@@H](CS)C(=O)OC)C(C)C. The Kier molecular flexibility index (Phi) is 33.0. The first-order valence-electron chi connectivity index (χ1n) is 34.1. The van der Waals surface area contributed by atoms with Crippen LogP contribution in [0.5, 0.6) is 5.75 Å². The zero-order chi connectivity index (χ0) is 74.6. The minimum atomic E-state index is -1.80. The number of nitrogens with zero attached hydrogens (tertiary/aromatic N) is 1. The zero-order valence-corrected chi connectivity index (χ0v) is 59.3. The first-order valence-corrected chi connectivity index (χ1v) is 34.7. The van der Waals surface area contributed by atoms with E-state index >= 15 is 0 Å². The summed E-state index contributed by atoms with van der Waals surface area (Å²) in [6.07, 6.45) is 2.50. The number of carboxylic acids is 1. The highest BCUT2D eigenvalue weighted by atomic mass is 32.1. The lowest BCUT2D eigenvalue weighted by Crippen LogP contribution is -2.61. The molecule has 0 bridgehead atoms. The van der Waals surface area contributed by atoms with E-state index in [-0.39, 0.29) is 63.1 Å². The van der Waals surface area contributed by atoms with Crippen LogP contribution in [-0.4, -0.2) is 196 Å². The fraction of sp³-hybridized carbons (Fsp3) is 0.529. The van der Waals surface area contributed by atoms with Crippen molar-refractivity contribution in [2.75, 3.05) is 32.5 Å². The Hall–Kier alpha value is -9.62. The number of H-pyrrole nitrogens is 1. The third-order valence-corrected chi connectivity index (χ3v) is 18.2. The van der Waals surface area contributed by atoms with Gasteiger partial charge in [-0.2, -0.15) is 12.6 Å². The molecule has 1 aliphatic rings. The molecule has 1 saturated heterocycles. The average Bonchev–Trinajstić information content (AvgIpc) is 1.74. The standard InChI is InChI=1S/C70H100N14O16S/c1-9-39(5)58(83-68(97)59(40(6)10-2)82-61(90)47(72)31-43-25-27-45(85)28-26-43)67(96)76-49(23-16-17-29-71)62(91)74-36-55(86)81-57(38(3)4)66(95)78-50(32-42-19-12-11-13-20-42)63(92)77-51(33-44-35-73-48-22-15-14-21-46(44)48)64(93)79-52(34-56(87)88)69(98)84-30-18-24-54(84)65(94)75-41(7)60(89)80-53(37-101)70(99)100-8/h11-15,19-22,25-28,35,38-41,47,49-54,57-59,73,85,101H,9-10,16-18,23-24,29-34,36-37,71-72H2,1-8H3,(H,74,91)(H,75,94)(H,76,96)(H,77,92)(H,78,95)(H,79,93)(H,80,89)(H,81,86)(H,82,90)(H,83,97)(H,87,88)/t39-,40-,41-,47-,49-,50-,51-,52-,53-,54-,57-,58-,59-/m0/s1. The second-order valence-corrected chi connectivity index (χ2v) is 26.2. The predicted molar refractivity (Wildman–Crippen MR) is 378 cm³/mol. The first-order chi connectivity index (χ1) is 48.0. The van der Waals surface area contributed by atoms with Crippen LogP contribution in [-0.2, 0) is 86.3 Å². The number of unbranched alkanes of at least 4 members (excludes halogenated alkanes) is 1. The number of phenols is 1. The lowest BCUT2D eigenvalue weighted by atomic mass is 9.94. The quantitative estimate of drug-likeness (QED) is 0.0160. The molecule has 3 aromatic carbocycles. The van der Waals surface area contributed by atoms with Crippen LogP contribution < -0.4 is 64.6 Å². The molecule has 0 saturated carbocycles. The molecule has 2 heterocycles. The lowest BCUT2D eigenvalue weighted by Gasteiger charge is -2.30. The molecule has 5 rings (SSSR count). The predicted octanol–water partition coefficient (Wildman–Crippen LogP) is 0.174. The van der Waals surface area contributed by atoms with Crippen LogP contribution in [0.3, 0.4) is 0 Å². The van der Waals surface area contributed by atoms with Crippen LogP contribution in [0.4, 0.5) is 0 Å². The van der Waals surface area contributed by atoms with E-state index in [0.29, 0.717) is 53.3 Å². The Morgan fingerprint density at radius 1 is 0.614 bits per heavy atom. The molecule has 1 fully saturated rings. The van der Waals surface area contributed by atoms with Gasteiger partial charge in [0.25, 0.3) is 0 Å². The van der Waals surface area contributed by atoms with Crippen LogP contribution in [0.1, 0.15) is 117 Å². The van der Waals surface area contributed by atoms with E-state index in [1.807, 2.05) is 13.8 Å². The van der Waals surface area contributed by atoms with Gasteiger partial charge in [0.1, 0.15) is 66.2 Å². The topological polar surface area (TPSA) is 463 Å². The van der Waals surface area contributed by atoms with Crippen molar-refractivity contribution in [3.63, 3.8) is 0 Å². The Labute approximate surface area is 593 Å². The van der Waals surface area contributed by atoms with Gasteiger partial charge in [0.15, 0.2) is 0 Å². The summed E-state index contributed by atoms with van der Waals surface area (Å²) in [6.45, 7) is 11.3. The monoisotopic (exact) mass is 1420 g/mol. The number of nitrogens with two attached hydrogens (primary N) is 2. The Balaban J connectivity index is 1.33. The van der Waals surface area contributed by atoms with Gasteiger partial charge in [-0.3, -0.25) is 57.5 Å². The number of aromatic nitrogens is 1. The fourth-order valence-electron chi connectivity index (χ4n) is 11.4. The van der Waals surface area contributed by atoms with Gasteiger partial charge in [-0.15, -0.1) is 0 Å². The van der Waals surface area contributed by atoms with Crippen molar-refractivity contribution in [2.45, 2.75) is 186 Å². The number of para-hydroxylation sites is 1. The van der Waals surface area contributed by atoms with E-state index < -0.39 is 174 Å². The lowest BCUT2D eigenvalue weighted by molar-refractivity contribution is -0.146. The number of esters is 1. The first kappa shape index (κ1) is 82.1. The number of methoxy groups -OCH3 is 1. The van der Waals surface area contributed by atoms with Crippen molar-refractivity contribution >= 4 is 100 Å². The second kappa shape index (κ2) is 40.6. The molecule has 0 spiro atoms. The number of benzene rings is 3. The molecular formula is C70H100N14O16S. The number of phenolic OH excluding ortho intramolecular Hbond substituents is 1. The maximum atomic E-state index is 14.9. The van der Waals surface area contributed by atoms with Crippen LogP contribution in [0.25, 0.3) is 10.9 Å². The van der Waals surface area contributed by atoms with Crippen molar-refractivity contribution in [1.29, 1.82) is 0 Å². The summed E-state index contributed by atoms with van der Waals surface area (Å²) in [7, 11) is 1.13. The number of aliphatic carboxylic acids is 1. The maximum absolute atomic E-state index is 14.9. The normalized spacial score (nSPS) is 16.3. The summed E-state index contributed by atoms with van der Waals surface area (Å²) in [5.41, 5.74) is 14.5. The van der Waals surface area contributed by atoms with Gasteiger partial charge < -0.3 is 89.5 Å². The number of carbonyl (C=O) groups excluding carboxylic acids is 12. The number of fused-ring (bicyclic) bond motifs is 1. The van der Waals surface area contributed by atoms with Gasteiger partial charge in [0.2, 0.25) is 65.0 Å². The zero-order valence-electron chi connectivity index (χ0n) is 58.4. The smallest absolute Gasteiger partial charge is 0.329 e. The fourth-order valence-corrected chi connectivity index (χ4v) is 11.7. The maximum Gasteiger partial charge on any atom is 0.329 e. The Morgan fingerprint density at radius 3 is 1.77 bits per heavy atom. The third-order valence-electron chi connectivity index (χ3n) is 17.8. The molecule has 0 radical (unpaired) electrons. The number of hydrogen-bond acceptors (Lipinski definition) is 18. The summed E-state index contributed by atoms with van der Waals surface area (Å²) in [6, 6.07) is 7.38. The molecule has 0 aliphatic carbocycles. The van der Waals surface area contributed by atoms with Crippen LogP contribution >= 0.6 is 12.6 Å². The highest BCUT2D eigenvalue weighted by Gasteiger charge is 2.42. The van der Waals surface area contributed by atoms with Crippen molar-refractivity contribution in [3.05, 3.63) is 102 Å². The highest BCUT2D eigenvalue weighted by Crippen LogP contribution is 2.23. The largest absolute Gasteiger partial charge is 0.508 e. The van der Waals surface area contributed by atoms with Gasteiger partial charge in [-0.1, -0.05) is 115 Å². The number of rotatable bonds is 40. The summed E-state index contributed by atoms with van der Waals surface area (Å²) in [4.78, 5) is 184. The van der Waals surface area contributed by atoms with Crippen molar-refractivity contribution in [3.8, 4) is 5.75 Å². The molecule has 1 aromatic heterocycles. The van der Waals surface area contributed by atoms with Crippen molar-refractivity contribution in [1.82, 2.24) is 63.1 Å². The van der Waals surface area contributed by atoms with Gasteiger partial charge in [-0.25, -0.2) is 4.79 Å². The van der Waals surface area contributed by atoms with Gasteiger partial charge in [0.05, 0.1) is 26.1 Å². The van der Waals surface area contributed by atoms with E-state index in [1.54, 1.807) is 101 Å². The highest BCUT2D eigenvalue weighted by molar-refractivity contribution is 7.80. The van der Waals surface area contributed by atoms with Crippen molar-refractivity contribution in [2.24, 2.45) is 29.2 Å². The van der Waals surface area contributed by atoms with Gasteiger partial charge >= 0.3 is 11.9 Å². The summed E-state index contributed by atoms with van der Waals surface area (Å²) < 4.78 is 4.69. The molecule has 17 N–H and O–H groups in total. The Morgan fingerprint density at radius 2 is 1.17 bits per heavy atom. The van der Waals surface area contributed by atoms with Crippen LogP contribution in [0, 0.1) is 17.8 Å². The molecule has 101 heavy (non-hydrogen) atoms. The number of amides is 11. The van der Waals surface area contributed by atoms with E-state index in [0.717, 1.165) is 12.0 Å². The van der Waals surface area contributed by atoms with Crippen molar-refractivity contribution < 1.29 is 77.3 Å². The summed E-state index contributed by atoms with van der Waals surface area (Å²) in [5, 5.41) is 46.9. The average molecular weight is 1430 g/mol. The number of hydrogen-bond donors (Lipinski definition) is 16. The second-order valence-electron chi connectivity index (χ2n) is 25.8. The van der Waals surface area contributed by atoms with E-state index in [2.05, 4.69) is 70.8 Å². The number of likely N-dealkylation sites (tertiary alicyclic amines) is 1. The summed E-state index contributed by atoms with van der Waals surface area (Å²) >= 11 is 4.08. The number of carboxylic acid groups (broad SMARTS) is 1. The number of nitrogens with one attached hydrogen (secondary N) is 11. The molecule has 1 aliphatic heterocycles. The minimum absolute atomic E-state index is 0.0383. The van der Waals surface area contributed by atoms with Gasteiger partial charge in [-0.05, 0) is 105 Å². The van der Waals surface area contributed by atoms with Crippen LogP contribution in [0.15, 0.2) is 85.1 Å². The minimum Gasteiger partial charge on any atom is -0.508 e. The number of aromatic amines is 1. The number of ether oxygens (including phenoxy) is 1. The molecule has 0 unspecified atom stereocenters. The molecule has 13 atom stereocenters. The van der Waals surface area contributed by atoms with E-state index in [9.17, 15) is 72.5 Å². The molecular weight excluding hydrogens is 1320 g/mol. The van der Waals surface area contributed by atoms with E-state index in [4.69, 9.17) is 16.2 Å². The number of thiol groups is 1. The van der Waals surface area contributed by atoms with E-state index in [1.165, 1.54) is 19.1 Å². The molecule has 31 heteroatoms. The molecule has 4 aromatic rings. The number of carbonyl (C=O) groups is 13. The third kappa shape index (κ3) is 24.9. The van der Waals surface area contributed by atoms with Gasteiger partial charge in [0, 0.05) is 42.2 Å². The molecule has 30 nitrogen and oxygen atoms in total. The number of aromatic hydroxyl groups is 1.